The maximum atomic E-state index is 12.6. The summed E-state index contributed by atoms with van der Waals surface area (Å²) in [5.74, 6) is 0.167. The molecule has 128 valence electrons. The van der Waals surface area contributed by atoms with E-state index in [1.165, 1.54) is 6.26 Å². The van der Waals surface area contributed by atoms with Gasteiger partial charge < -0.3 is 20.4 Å². The fourth-order valence-corrected chi connectivity index (χ4v) is 2.67. The van der Waals surface area contributed by atoms with E-state index in [1.54, 1.807) is 30.3 Å². The Balaban J connectivity index is 0.00000208. The van der Waals surface area contributed by atoms with Gasteiger partial charge in [-0.25, -0.2) is 0 Å². The second-order valence-corrected chi connectivity index (χ2v) is 5.50. The molecule has 0 radical (unpaired) electrons. The van der Waals surface area contributed by atoms with Crippen LogP contribution in [0.15, 0.2) is 41.0 Å². The van der Waals surface area contributed by atoms with Crippen molar-refractivity contribution in [3.8, 4) is 0 Å². The second-order valence-electron chi connectivity index (χ2n) is 5.50. The largest absolute Gasteiger partial charge is 0.467 e. The molecule has 2 amide bonds. The molecule has 1 aliphatic rings. The summed E-state index contributed by atoms with van der Waals surface area (Å²) >= 11 is 0. The van der Waals surface area contributed by atoms with E-state index in [2.05, 4.69) is 5.32 Å². The Labute approximate surface area is 146 Å². The molecule has 1 fully saturated rings. The van der Waals surface area contributed by atoms with Crippen LogP contribution >= 0.6 is 12.4 Å². The van der Waals surface area contributed by atoms with Gasteiger partial charge in [-0.1, -0.05) is 12.1 Å². The Bertz CT molecular complexity index is 723. The van der Waals surface area contributed by atoms with Crippen molar-refractivity contribution in [1.82, 2.24) is 4.90 Å². The molecule has 1 aliphatic heterocycles. The zero-order valence-electron chi connectivity index (χ0n) is 13.2. The van der Waals surface area contributed by atoms with Gasteiger partial charge in [0.15, 0.2) is 0 Å². The zero-order valence-corrected chi connectivity index (χ0v) is 14.0. The number of nitrogens with zero attached hydrogens (tertiary/aromatic N) is 1. The highest BCUT2D eigenvalue weighted by Gasteiger charge is 2.22. The number of amides is 2. The van der Waals surface area contributed by atoms with E-state index in [0.29, 0.717) is 22.6 Å². The van der Waals surface area contributed by atoms with Crippen LogP contribution in [0.3, 0.4) is 0 Å². The molecule has 7 heteroatoms. The molecule has 0 saturated carbocycles. The lowest BCUT2D eigenvalue weighted by molar-refractivity contribution is 0.0794. The number of hydrogen-bond acceptors (Lipinski definition) is 4. The number of hydrogen-bond donors (Lipinski definition) is 2. The molecular formula is C17H20ClN3O3. The predicted molar refractivity (Wildman–Crippen MR) is 93.4 cm³/mol. The fraction of sp³-hybridized carbons (Fsp3) is 0.294. The normalized spacial score (nSPS) is 13.5. The van der Waals surface area contributed by atoms with Crippen molar-refractivity contribution in [2.45, 2.75) is 19.4 Å². The van der Waals surface area contributed by atoms with E-state index in [9.17, 15) is 9.59 Å². The molecule has 2 aromatic rings. The lowest BCUT2D eigenvalue weighted by Crippen LogP contribution is -2.28. The van der Waals surface area contributed by atoms with Crippen LogP contribution in [0.1, 0.15) is 39.3 Å². The maximum Gasteiger partial charge on any atom is 0.258 e. The third kappa shape index (κ3) is 3.77. The molecule has 1 aromatic carbocycles. The van der Waals surface area contributed by atoms with E-state index >= 15 is 0 Å². The highest BCUT2D eigenvalue weighted by atomic mass is 35.5. The van der Waals surface area contributed by atoms with Gasteiger partial charge in [0.05, 0.1) is 23.4 Å². The van der Waals surface area contributed by atoms with Crippen LogP contribution in [0.5, 0.6) is 0 Å². The van der Waals surface area contributed by atoms with Crippen LogP contribution in [-0.4, -0.2) is 29.8 Å². The predicted octanol–water partition coefficient (Wildman–Crippen LogP) is 2.65. The average molecular weight is 350 g/mol. The van der Waals surface area contributed by atoms with Crippen molar-refractivity contribution in [2.24, 2.45) is 5.73 Å². The summed E-state index contributed by atoms with van der Waals surface area (Å²) in [6, 6.07) is 8.64. The van der Waals surface area contributed by atoms with Crippen molar-refractivity contribution in [3.63, 3.8) is 0 Å². The van der Waals surface area contributed by atoms with Crippen LogP contribution < -0.4 is 11.1 Å². The number of carbonyl (C=O) groups is 2. The smallest absolute Gasteiger partial charge is 0.258 e. The second kappa shape index (κ2) is 7.99. The first-order valence-corrected chi connectivity index (χ1v) is 7.66. The summed E-state index contributed by atoms with van der Waals surface area (Å²) in [6.45, 7) is 1.77. The van der Waals surface area contributed by atoms with E-state index in [0.717, 1.165) is 25.9 Å². The van der Waals surface area contributed by atoms with E-state index in [1.807, 2.05) is 4.90 Å². The summed E-state index contributed by atoms with van der Waals surface area (Å²) in [5, 5.41) is 2.78. The first kappa shape index (κ1) is 18.0. The Morgan fingerprint density at radius 1 is 1.21 bits per heavy atom. The molecule has 0 unspecified atom stereocenters. The molecule has 24 heavy (non-hydrogen) atoms. The molecule has 3 rings (SSSR count). The van der Waals surface area contributed by atoms with Gasteiger partial charge in [0.2, 0.25) is 0 Å². The molecule has 0 spiro atoms. The molecule has 6 nitrogen and oxygen atoms in total. The number of rotatable bonds is 4. The van der Waals surface area contributed by atoms with Gasteiger partial charge in [-0.3, -0.25) is 9.59 Å². The summed E-state index contributed by atoms with van der Waals surface area (Å²) < 4.78 is 5.17. The molecule has 3 N–H and O–H groups in total. The quantitative estimate of drug-likeness (QED) is 0.888. The molecule has 1 saturated heterocycles. The average Bonchev–Trinajstić information content (AvgIpc) is 3.26. The lowest BCUT2D eigenvalue weighted by Gasteiger charge is -2.17. The van der Waals surface area contributed by atoms with Crippen molar-refractivity contribution in [2.75, 3.05) is 18.4 Å². The highest BCUT2D eigenvalue weighted by Crippen LogP contribution is 2.21. The number of nitrogens with two attached hydrogens (primary N) is 1. The van der Waals surface area contributed by atoms with Crippen LogP contribution in [0.25, 0.3) is 0 Å². The Hall–Kier alpha value is -2.31. The molecule has 0 atom stereocenters. The van der Waals surface area contributed by atoms with Crippen molar-refractivity contribution in [1.29, 1.82) is 0 Å². The highest BCUT2D eigenvalue weighted by molar-refractivity contribution is 6.08. The van der Waals surface area contributed by atoms with E-state index in [4.69, 9.17) is 10.2 Å². The topological polar surface area (TPSA) is 88.6 Å². The monoisotopic (exact) mass is 349 g/mol. The maximum absolute atomic E-state index is 12.6. The van der Waals surface area contributed by atoms with Crippen LogP contribution in [-0.2, 0) is 6.54 Å². The molecular weight excluding hydrogens is 330 g/mol. The minimum Gasteiger partial charge on any atom is -0.467 e. The number of likely N-dealkylation sites (tertiary alicyclic amines) is 1. The van der Waals surface area contributed by atoms with Gasteiger partial charge in [-0.15, -0.1) is 12.4 Å². The minimum absolute atomic E-state index is 0. The Morgan fingerprint density at radius 2 is 1.92 bits per heavy atom. The zero-order chi connectivity index (χ0) is 16.2. The van der Waals surface area contributed by atoms with E-state index < -0.39 is 0 Å². The van der Waals surface area contributed by atoms with Crippen molar-refractivity contribution >= 4 is 29.9 Å². The first-order chi connectivity index (χ1) is 11.2. The van der Waals surface area contributed by atoms with Crippen LogP contribution in [0.2, 0.25) is 0 Å². The Morgan fingerprint density at radius 3 is 2.58 bits per heavy atom. The lowest BCUT2D eigenvalue weighted by atomic mass is 10.1. The Kier molecular flexibility index (Phi) is 6.00. The molecule has 0 aliphatic carbocycles. The first-order valence-electron chi connectivity index (χ1n) is 7.66. The van der Waals surface area contributed by atoms with Gasteiger partial charge in [0.25, 0.3) is 11.8 Å². The van der Waals surface area contributed by atoms with Crippen LogP contribution in [0, 0.1) is 0 Å². The van der Waals surface area contributed by atoms with Gasteiger partial charge in [-0.2, -0.15) is 0 Å². The van der Waals surface area contributed by atoms with Gasteiger partial charge >= 0.3 is 0 Å². The number of carbonyl (C=O) groups excluding carboxylic acids is 2. The third-order valence-electron chi connectivity index (χ3n) is 3.92. The number of nitrogens with one attached hydrogen (secondary N) is 1. The van der Waals surface area contributed by atoms with Crippen LogP contribution in [0.4, 0.5) is 5.69 Å². The SMILES string of the molecule is Cl.NCc1cc(C(=O)Nc2ccccc2C(=O)N2CCCC2)co1. The van der Waals surface area contributed by atoms with Crippen molar-refractivity contribution in [3.05, 3.63) is 53.5 Å². The molecule has 0 bridgehead atoms. The van der Waals surface area contributed by atoms with Gasteiger partial charge in [0.1, 0.15) is 12.0 Å². The fourth-order valence-electron chi connectivity index (χ4n) is 2.67. The third-order valence-corrected chi connectivity index (χ3v) is 3.92. The summed E-state index contributed by atoms with van der Waals surface area (Å²) in [4.78, 5) is 26.7. The number of halogens is 1. The number of anilines is 1. The van der Waals surface area contributed by atoms with Crippen molar-refractivity contribution < 1.29 is 14.0 Å². The summed E-state index contributed by atoms with van der Waals surface area (Å²) in [6.07, 6.45) is 3.41. The van der Waals surface area contributed by atoms with E-state index in [-0.39, 0.29) is 30.8 Å². The number of para-hydroxylation sites is 1. The number of benzene rings is 1. The number of furan rings is 1. The summed E-state index contributed by atoms with van der Waals surface area (Å²) in [7, 11) is 0. The summed E-state index contributed by atoms with van der Waals surface area (Å²) in [5.41, 5.74) is 6.87. The standard InChI is InChI=1S/C17H19N3O3.ClH/c18-10-13-9-12(11-23-13)16(21)19-15-6-2-1-5-14(15)17(22)20-7-3-4-8-20;/h1-2,5-6,9,11H,3-4,7-8,10,18H2,(H,19,21);1H. The molecule has 1 aromatic heterocycles. The minimum atomic E-state index is -0.324. The van der Waals surface area contributed by atoms with Gasteiger partial charge in [-0.05, 0) is 31.0 Å². The molecule has 2 heterocycles. The van der Waals surface area contributed by atoms with Gasteiger partial charge in [0, 0.05) is 13.1 Å².